The van der Waals surface area contributed by atoms with Gasteiger partial charge in [0.25, 0.3) is 0 Å². The van der Waals surface area contributed by atoms with Crippen molar-refractivity contribution in [3.63, 3.8) is 0 Å². The molecule has 66 valence electrons. The summed E-state index contributed by atoms with van der Waals surface area (Å²) >= 11 is 0. The lowest BCUT2D eigenvalue weighted by atomic mass is 10.2. The van der Waals surface area contributed by atoms with Crippen LogP contribution in [0.4, 0.5) is 5.82 Å². The standard InChI is InChI=1S/C9H10N4/c1-6(2)7-3-4-8-9(10)11-5-12-13(7)8/h3-5H,1H2,2H3,(H2,10,11,12). The molecule has 2 N–H and O–H groups in total. The van der Waals surface area contributed by atoms with Crippen molar-refractivity contribution in [1.29, 1.82) is 0 Å². The number of fused-ring (bicyclic) bond motifs is 1. The van der Waals surface area contributed by atoms with E-state index in [9.17, 15) is 0 Å². The van der Waals surface area contributed by atoms with Gasteiger partial charge < -0.3 is 5.73 Å². The van der Waals surface area contributed by atoms with E-state index in [0.717, 1.165) is 16.8 Å². The highest BCUT2D eigenvalue weighted by Crippen LogP contribution is 2.17. The third kappa shape index (κ3) is 1.07. The van der Waals surface area contributed by atoms with Crippen LogP contribution in [-0.2, 0) is 0 Å². The Kier molecular flexibility index (Phi) is 1.55. The summed E-state index contributed by atoms with van der Waals surface area (Å²) in [6.07, 6.45) is 1.44. The number of rotatable bonds is 1. The molecule has 0 saturated carbocycles. The molecule has 0 aromatic carbocycles. The van der Waals surface area contributed by atoms with Gasteiger partial charge in [-0.25, -0.2) is 9.50 Å². The second kappa shape index (κ2) is 2.58. The number of allylic oxidation sites excluding steroid dienone is 1. The summed E-state index contributed by atoms with van der Waals surface area (Å²) in [7, 11) is 0. The van der Waals surface area contributed by atoms with Gasteiger partial charge in [0, 0.05) is 0 Å². The van der Waals surface area contributed by atoms with E-state index >= 15 is 0 Å². The van der Waals surface area contributed by atoms with Crippen LogP contribution in [0.2, 0.25) is 0 Å². The monoisotopic (exact) mass is 174 g/mol. The van der Waals surface area contributed by atoms with Crippen LogP contribution >= 0.6 is 0 Å². The molecule has 2 aromatic heterocycles. The number of nitrogen functional groups attached to an aromatic ring is 1. The van der Waals surface area contributed by atoms with E-state index in [-0.39, 0.29) is 0 Å². The molecule has 0 fully saturated rings. The van der Waals surface area contributed by atoms with Crippen LogP contribution in [0.25, 0.3) is 11.1 Å². The largest absolute Gasteiger partial charge is 0.382 e. The molecule has 0 radical (unpaired) electrons. The number of aromatic nitrogens is 3. The molecule has 2 rings (SSSR count). The molecule has 2 heterocycles. The maximum Gasteiger partial charge on any atom is 0.151 e. The molecule has 13 heavy (non-hydrogen) atoms. The van der Waals surface area contributed by atoms with Crippen LogP contribution in [-0.4, -0.2) is 14.6 Å². The maximum atomic E-state index is 5.67. The molecule has 0 amide bonds. The maximum absolute atomic E-state index is 5.67. The summed E-state index contributed by atoms with van der Waals surface area (Å²) in [6, 6.07) is 3.82. The van der Waals surface area contributed by atoms with Gasteiger partial charge in [-0.1, -0.05) is 6.58 Å². The highest BCUT2D eigenvalue weighted by Gasteiger charge is 2.05. The average Bonchev–Trinajstić information content (AvgIpc) is 2.48. The lowest BCUT2D eigenvalue weighted by Gasteiger charge is -2.00. The van der Waals surface area contributed by atoms with Gasteiger partial charge >= 0.3 is 0 Å². The molecule has 0 aliphatic carbocycles. The smallest absolute Gasteiger partial charge is 0.151 e. The molecule has 4 nitrogen and oxygen atoms in total. The third-order valence-electron chi connectivity index (χ3n) is 1.92. The summed E-state index contributed by atoms with van der Waals surface area (Å²) in [5, 5.41) is 4.09. The first-order valence-corrected chi connectivity index (χ1v) is 3.94. The second-order valence-electron chi connectivity index (χ2n) is 2.94. The predicted molar refractivity (Wildman–Crippen MR) is 52.1 cm³/mol. The van der Waals surface area contributed by atoms with E-state index in [1.165, 1.54) is 6.33 Å². The quantitative estimate of drug-likeness (QED) is 0.709. The SMILES string of the molecule is C=C(C)c1ccc2c(N)ncnn12. The minimum Gasteiger partial charge on any atom is -0.382 e. The summed E-state index contributed by atoms with van der Waals surface area (Å²) in [5.74, 6) is 0.488. The van der Waals surface area contributed by atoms with E-state index in [2.05, 4.69) is 16.7 Å². The Morgan fingerprint density at radius 2 is 2.31 bits per heavy atom. The first-order chi connectivity index (χ1) is 6.20. The average molecular weight is 174 g/mol. The molecule has 4 heteroatoms. The van der Waals surface area contributed by atoms with Crippen LogP contribution in [0.5, 0.6) is 0 Å². The number of hydrogen-bond donors (Lipinski definition) is 1. The Morgan fingerprint density at radius 3 is 3.00 bits per heavy atom. The molecule has 0 saturated heterocycles. The lowest BCUT2D eigenvalue weighted by Crippen LogP contribution is -2.00. The van der Waals surface area contributed by atoms with Gasteiger partial charge in [-0.3, -0.25) is 0 Å². The number of nitrogens with zero attached hydrogens (tertiary/aromatic N) is 3. The van der Waals surface area contributed by atoms with Gasteiger partial charge in [0.2, 0.25) is 0 Å². The van der Waals surface area contributed by atoms with E-state index in [0.29, 0.717) is 5.82 Å². The Bertz CT molecular complexity index is 469. The van der Waals surface area contributed by atoms with Crippen LogP contribution in [0.1, 0.15) is 12.6 Å². The van der Waals surface area contributed by atoms with E-state index < -0.39 is 0 Å². The minimum atomic E-state index is 0.488. The summed E-state index contributed by atoms with van der Waals surface area (Å²) < 4.78 is 1.74. The van der Waals surface area contributed by atoms with Crippen LogP contribution in [0, 0.1) is 0 Å². The van der Waals surface area contributed by atoms with Crippen LogP contribution < -0.4 is 5.73 Å². The van der Waals surface area contributed by atoms with Gasteiger partial charge in [0.1, 0.15) is 11.8 Å². The number of anilines is 1. The van der Waals surface area contributed by atoms with E-state index in [1.807, 2.05) is 19.1 Å². The van der Waals surface area contributed by atoms with Crippen molar-refractivity contribution in [3.05, 3.63) is 30.7 Å². The molecule has 0 spiro atoms. The Hall–Kier alpha value is -1.84. The number of hydrogen-bond acceptors (Lipinski definition) is 3. The van der Waals surface area contributed by atoms with Crippen LogP contribution in [0.15, 0.2) is 25.0 Å². The fourth-order valence-electron chi connectivity index (χ4n) is 1.28. The molecular formula is C9H10N4. The van der Waals surface area contributed by atoms with Crippen molar-refractivity contribution >= 4 is 16.9 Å². The van der Waals surface area contributed by atoms with E-state index in [4.69, 9.17) is 5.73 Å². The summed E-state index contributed by atoms with van der Waals surface area (Å²) in [6.45, 7) is 5.79. The second-order valence-corrected chi connectivity index (χ2v) is 2.94. The Labute approximate surface area is 75.7 Å². The van der Waals surface area contributed by atoms with Gasteiger partial charge in [-0.15, -0.1) is 0 Å². The topological polar surface area (TPSA) is 56.2 Å². The summed E-state index contributed by atoms with van der Waals surface area (Å²) in [4.78, 5) is 3.90. The first kappa shape index (κ1) is 7.79. The molecule has 0 atom stereocenters. The summed E-state index contributed by atoms with van der Waals surface area (Å²) in [5.41, 5.74) is 8.41. The van der Waals surface area contributed by atoms with Gasteiger partial charge in [0.15, 0.2) is 5.82 Å². The fourth-order valence-corrected chi connectivity index (χ4v) is 1.28. The first-order valence-electron chi connectivity index (χ1n) is 3.94. The van der Waals surface area contributed by atoms with Gasteiger partial charge in [0.05, 0.1) is 5.69 Å². The molecular weight excluding hydrogens is 164 g/mol. The Balaban J connectivity index is 2.83. The highest BCUT2D eigenvalue weighted by atomic mass is 15.2. The normalized spacial score (nSPS) is 10.5. The third-order valence-corrected chi connectivity index (χ3v) is 1.92. The van der Waals surface area contributed by atoms with Crippen molar-refractivity contribution in [2.45, 2.75) is 6.92 Å². The lowest BCUT2D eigenvalue weighted by molar-refractivity contribution is 0.894. The molecule has 0 unspecified atom stereocenters. The predicted octanol–water partition coefficient (Wildman–Crippen LogP) is 1.34. The Morgan fingerprint density at radius 1 is 1.54 bits per heavy atom. The van der Waals surface area contributed by atoms with Crippen molar-refractivity contribution in [1.82, 2.24) is 14.6 Å². The molecule has 0 aliphatic rings. The van der Waals surface area contributed by atoms with E-state index in [1.54, 1.807) is 4.52 Å². The minimum absolute atomic E-state index is 0.488. The van der Waals surface area contributed by atoms with Crippen LogP contribution in [0.3, 0.4) is 0 Å². The molecule has 0 bridgehead atoms. The molecule has 2 aromatic rings. The van der Waals surface area contributed by atoms with Crippen molar-refractivity contribution in [2.75, 3.05) is 5.73 Å². The highest BCUT2D eigenvalue weighted by molar-refractivity contribution is 5.71. The van der Waals surface area contributed by atoms with Crippen molar-refractivity contribution in [2.24, 2.45) is 0 Å². The zero-order valence-corrected chi connectivity index (χ0v) is 7.36. The zero-order chi connectivity index (χ0) is 9.42. The van der Waals surface area contributed by atoms with Gasteiger partial charge in [-0.05, 0) is 24.6 Å². The molecule has 0 aliphatic heterocycles. The van der Waals surface area contributed by atoms with Crippen molar-refractivity contribution in [3.8, 4) is 0 Å². The van der Waals surface area contributed by atoms with Gasteiger partial charge in [-0.2, -0.15) is 5.10 Å². The zero-order valence-electron chi connectivity index (χ0n) is 7.36. The number of nitrogens with two attached hydrogens (primary N) is 1. The fraction of sp³-hybridized carbons (Fsp3) is 0.111. The van der Waals surface area contributed by atoms with Crippen molar-refractivity contribution < 1.29 is 0 Å².